The summed E-state index contributed by atoms with van der Waals surface area (Å²) in [6, 6.07) is 11.0. The van der Waals surface area contributed by atoms with Crippen molar-refractivity contribution in [1.29, 1.82) is 0 Å². The summed E-state index contributed by atoms with van der Waals surface area (Å²) in [6.45, 7) is 0.797. The molecule has 2 aromatic heterocycles. The first-order valence-corrected chi connectivity index (χ1v) is 9.25. The number of alkyl halides is 3. The zero-order chi connectivity index (χ0) is 21.3. The number of nitrogens with zero attached hydrogens (tertiary/aromatic N) is 4. The largest absolute Gasteiger partial charge is 0.418 e. The van der Waals surface area contributed by atoms with E-state index >= 15 is 0 Å². The molecule has 2 heterocycles. The molecule has 6 nitrogen and oxygen atoms in total. The van der Waals surface area contributed by atoms with Gasteiger partial charge in [0.25, 0.3) is 5.56 Å². The molecule has 154 valence electrons. The Hall–Kier alpha value is -3.62. The van der Waals surface area contributed by atoms with Gasteiger partial charge >= 0.3 is 11.9 Å². The van der Waals surface area contributed by atoms with Crippen LogP contribution in [-0.4, -0.2) is 18.7 Å². The van der Waals surface area contributed by atoms with E-state index in [9.17, 15) is 22.8 Å². The van der Waals surface area contributed by atoms with E-state index in [1.807, 2.05) is 4.57 Å². The Labute approximate surface area is 168 Å². The Morgan fingerprint density at radius 1 is 0.933 bits per heavy atom. The zero-order valence-corrected chi connectivity index (χ0v) is 15.7. The van der Waals surface area contributed by atoms with E-state index in [0.717, 1.165) is 12.1 Å². The molecule has 4 rings (SSSR count). The maximum absolute atomic E-state index is 13.5. The lowest BCUT2D eigenvalue weighted by Crippen LogP contribution is -2.40. The molecule has 4 aromatic rings. The van der Waals surface area contributed by atoms with Crippen molar-refractivity contribution in [3.63, 3.8) is 0 Å². The summed E-state index contributed by atoms with van der Waals surface area (Å²) in [5, 5.41) is 0.178. The molecule has 0 saturated heterocycles. The minimum Gasteiger partial charge on any atom is -0.337 e. The van der Waals surface area contributed by atoms with Crippen LogP contribution in [0.4, 0.5) is 13.2 Å². The van der Waals surface area contributed by atoms with Gasteiger partial charge in [0.2, 0.25) is 0 Å². The molecule has 30 heavy (non-hydrogen) atoms. The average Bonchev–Trinajstić information content (AvgIpc) is 3.24. The molecule has 0 N–H and O–H groups in total. The van der Waals surface area contributed by atoms with Crippen molar-refractivity contribution in [3.8, 4) is 5.69 Å². The molecule has 0 unspecified atom stereocenters. The van der Waals surface area contributed by atoms with Crippen molar-refractivity contribution in [2.24, 2.45) is 0 Å². The van der Waals surface area contributed by atoms with Crippen LogP contribution in [0.15, 0.2) is 76.8 Å². The second kappa shape index (κ2) is 7.66. The predicted octanol–water partition coefficient (Wildman–Crippen LogP) is 3.46. The fourth-order valence-corrected chi connectivity index (χ4v) is 3.49. The Balaban J connectivity index is 1.90. The van der Waals surface area contributed by atoms with E-state index in [4.69, 9.17) is 0 Å². The fourth-order valence-electron chi connectivity index (χ4n) is 3.49. The van der Waals surface area contributed by atoms with Gasteiger partial charge in [0.1, 0.15) is 0 Å². The summed E-state index contributed by atoms with van der Waals surface area (Å²) in [7, 11) is 0. The van der Waals surface area contributed by atoms with Gasteiger partial charge in [0, 0.05) is 25.5 Å². The number of benzene rings is 2. The summed E-state index contributed by atoms with van der Waals surface area (Å²) in [4.78, 5) is 30.2. The van der Waals surface area contributed by atoms with Crippen molar-refractivity contribution in [2.75, 3.05) is 0 Å². The number of rotatable bonds is 5. The molecule has 0 atom stereocenters. The van der Waals surface area contributed by atoms with Crippen LogP contribution in [0.1, 0.15) is 12.0 Å². The standard InChI is InChI=1S/C21H17F3N4O2/c22-21(23,24)16-7-2-4-9-18(16)28-19(29)15-6-1-3-8-17(15)27(20(28)30)12-5-11-26-13-10-25-14-26/h1-4,6-10,13-14H,5,11-12H2. The van der Waals surface area contributed by atoms with Crippen LogP contribution in [0.5, 0.6) is 0 Å². The summed E-state index contributed by atoms with van der Waals surface area (Å²) in [5.41, 5.74) is -2.71. The van der Waals surface area contributed by atoms with Gasteiger partial charge in [0.15, 0.2) is 0 Å². The molecule has 2 aromatic carbocycles. The zero-order valence-electron chi connectivity index (χ0n) is 15.7. The van der Waals surface area contributed by atoms with Gasteiger partial charge in [-0.1, -0.05) is 24.3 Å². The smallest absolute Gasteiger partial charge is 0.337 e. The lowest BCUT2D eigenvalue weighted by atomic mass is 10.1. The Kier molecular flexibility index (Phi) is 5.03. The molecule has 0 aliphatic heterocycles. The van der Waals surface area contributed by atoms with Gasteiger partial charge < -0.3 is 4.57 Å². The third-order valence-electron chi connectivity index (χ3n) is 4.86. The van der Waals surface area contributed by atoms with Gasteiger partial charge in [-0.25, -0.2) is 14.3 Å². The van der Waals surface area contributed by atoms with Crippen LogP contribution in [0, 0.1) is 0 Å². The Morgan fingerprint density at radius 2 is 1.67 bits per heavy atom. The summed E-state index contributed by atoms with van der Waals surface area (Å²) < 4.78 is 44.4. The molecule has 0 amide bonds. The van der Waals surface area contributed by atoms with E-state index in [2.05, 4.69) is 4.98 Å². The normalized spacial score (nSPS) is 11.8. The average molecular weight is 414 g/mol. The molecule has 0 radical (unpaired) electrons. The lowest BCUT2D eigenvalue weighted by molar-refractivity contribution is -0.137. The van der Waals surface area contributed by atoms with E-state index in [-0.39, 0.29) is 11.9 Å². The lowest BCUT2D eigenvalue weighted by Gasteiger charge is -2.17. The van der Waals surface area contributed by atoms with Gasteiger partial charge in [-0.15, -0.1) is 0 Å². The van der Waals surface area contributed by atoms with Crippen molar-refractivity contribution < 1.29 is 13.2 Å². The van der Waals surface area contributed by atoms with Gasteiger partial charge in [0.05, 0.1) is 28.5 Å². The van der Waals surface area contributed by atoms with Crippen LogP contribution in [-0.2, 0) is 19.3 Å². The summed E-state index contributed by atoms with van der Waals surface area (Å²) in [6.07, 6.45) is 0.873. The summed E-state index contributed by atoms with van der Waals surface area (Å²) in [5.74, 6) is 0. The number of aryl methyl sites for hydroxylation is 2. The highest BCUT2D eigenvalue weighted by atomic mass is 19.4. The molecular weight excluding hydrogens is 397 g/mol. The van der Waals surface area contributed by atoms with E-state index in [1.165, 1.54) is 22.8 Å². The third kappa shape index (κ3) is 3.54. The first-order valence-electron chi connectivity index (χ1n) is 9.25. The number of halogens is 3. The second-order valence-corrected chi connectivity index (χ2v) is 6.76. The number of hydrogen-bond donors (Lipinski definition) is 0. The van der Waals surface area contributed by atoms with Gasteiger partial charge in [-0.3, -0.25) is 9.36 Å². The molecule has 0 aliphatic carbocycles. The number of imidazole rings is 1. The topological polar surface area (TPSA) is 61.8 Å². The van der Waals surface area contributed by atoms with Gasteiger partial charge in [-0.05, 0) is 30.7 Å². The monoisotopic (exact) mass is 414 g/mol. The predicted molar refractivity (Wildman–Crippen MR) is 106 cm³/mol. The molecule has 0 saturated carbocycles. The van der Waals surface area contributed by atoms with Gasteiger partial charge in [-0.2, -0.15) is 13.2 Å². The van der Waals surface area contributed by atoms with E-state index in [0.29, 0.717) is 23.0 Å². The fraction of sp³-hybridized carbons (Fsp3) is 0.190. The highest BCUT2D eigenvalue weighted by Gasteiger charge is 2.34. The van der Waals surface area contributed by atoms with Crippen molar-refractivity contribution in [2.45, 2.75) is 25.7 Å². The SMILES string of the molecule is O=c1c2ccccc2n(CCCn2ccnc2)c(=O)n1-c1ccccc1C(F)(F)F. The minimum atomic E-state index is -4.71. The number of aromatic nitrogens is 4. The van der Waals surface area contributed by atoms with E-state index in [1.54, 1.807) is 36.9 Å². The Bertz CT molecular complexity index is 1300. The van der Waals surface area contributed by atoms with Crippen LogP contribution in [0.2, 0.25) is 0 Å². The molecule has 0 fully saturated rings. The Morgan fingerprint density at radius 3 is 2.40 bits per heavy atom. The minimum absolute atomic E-state index is 0.178. The molecule has 0 bridgehead atoms. The third-order valence-corrected chi connectivity index (χ3v) is 4.86. The van der Waals surface area contributed by atoms with Crippen LogP contribution < -0.4 is 11.2 Å². The quantitative estimate of drug-likeness (QED) is 0.503. The number of hydrogen-bond acceptors (Lipinski definition) is 3. The van der Waals surface area contributed by atoms with Crippen molar-refractivity contribution >= 4 is 10.9 Å². The molecular formula is C21H17F3N4O2. The van der Waals surface area contributed by atoms with Crippen molar-refractivity contribution in [3.05, 3.63) is 93.7 Å². The first-order chi connectivity index (χ1) is 14.4. The molecule has 0 aliphatic rings. The maximum atomic E-state index is 13.5. The highest BCUT2D eigenvalue weighted by Crippen LogP contribution is 2.33. The molecule has 0 spiro atoms. The summed E-state index contributed by atoms with van der Waals surface area (Å²) >= 11 is 0. The van der Waals surface area contributed by atoms with Crippen molar-refractivity contribution in [1.82, 2.24) is 18.7 Å². The van der Waals surface area contributed by atoms with E-state index < -0.39 is 28.7 Å². The highest BCUT2D eigenvalue weighted by molar-refractivity contribution is 5.78. The molecule has 9 heteroatoms. The second-order valence-electron chi connectivity index (χ2n) is 6.76. The first kappa shape index (κ1) is 19.7. The number of para-hydroxylation sites is 2. The number of fused-ring (bicyclic) bond motifs is 1. The van der Waals surface area contributed by atoms with Crippen LogP contribution in [0.3, 0.4) is 0 Å². The van der Waals surface area contributed by atoms with Crippen LogP contribution in [0.25, 0.3) is 16.6 Å². The maximum Gasteiger partial charge on any atom is 0.418 e. The van der Waals surface area contributed by atoms with Crippen LogP contribution >= 0.6 is 0 Å².